The predicted octanol–water partition coefficient (Wildman–Crippen LogP) is 4.87. The summed E-state index contributed by atoms with van der Waals surface area (Å²) in [5.74, 6) is 0.283. The van der Waals surface area contributed by atoms with Crippen LogP contribution >= 0.6 is 0 Å². The molecule has 0 heterocycles. The average molecular weight is 232 g/mol. The van der Waals surface area contributed by atoms with Gasteiger partial charge < -0.3 is 0 Å². The summed E-state index contributed by atoms with van der Waals surface area (Å²) in [6.07, 6.45) is 5.32. The molecular formula is C16H24O. The maximum Gasteiger partial charge on any atom is 0.163 e. The average Bonchev–Trinajstić information content (AvgIpc) is 2.37. The van der Waals surface area contributed by atoms with E-state index in [1.54, 1.807) is 0 Å². The van der Waals surface area contributed by atoms with Crippen LogP contribution in [0.2, 0.25) is 0 Å². The van der Waals surface area contributed by atoms with E-state index < -0.39 is 0 Å². The summed E-state index contributed by atoms with van der Waals surface area (Å²) in [5.41, 5.74) is 1.02. The van der Waals surface area contributed by atoms with Gasteiger partial charge in [-0.1, -0.05) is 70.4 Å². The van der Waals surface area contributed by atoms with Crippen molar-refractivity contribution in [2.45, 2.75) is 52.9 Å². The highest BCUT2D eigenvalue weighted by atomic mass is 16.1. The first-order valence-corrected chi connectivity index (χ1v) is 6.69. The maximum absolute atomic E-state index is 12.2. The minimum Gasteiger partial charge on any atom is -0.294 e. The molecule has 17 heavy (non-hydrogen) atoms. The van der Waals surface area contributed by atoms with Crippen LogP contribution in [0.3, 0.4) is 0 Å². The molecule has 0 saturated carbocycles. The minimum absolute atomic E-state index is 0.170. The van der Waals surface area contributed by atoms with Gasteiger partial charge in [0, 0.05) is 12.0 Å². The van der Waals surface area contributed by atoms with Crippen molar-refractivity contribution in [3.63, 3.8) is 0 Å². The smallest absolute Gasteiger partial charge is 0.163 e. The van der Waals surface area contributed by atoms with Gasteiger partial charge in [-0.25, -0.2) is 0 Å². The number of unbranched alkanes of at least 4 members (excludes halogenated alkanes) is 1. The largest absolute Gasteiger partial charge is 0.294 e. The van der Waals surface area contributed by atoms with E-state index >= 15 is 0 Å². The first-order valence-electron chi connectivity index (χ1n) is 6.69. The van der Waals surface area contributed by atoms with E-state index in [1.807, 2.05) is 30.3 Å². The highest BCUT2D eigenvalue weighted by Gasteiger charge is 2.25. The third kappa shape index (κ3) is 4.33. The molecule has 0 unspecified atom stereocenters. The molecular weight excluding hydrogens is 208 g/mol. The van der Waals surface area contributed by atoms with Crippen LogP contribution in [-0.4, -0.2) is 5.78 Å². The van der Waals surface area contributed by atoms with Gasteiger partial charge in [0.15, 0.2) is 5.78 Å². The molecule has 0 aliphatic heterocycles. The van der Waals surface area contributed by atoms with Crippen molar-refractivity contribution in [3.05, 3.63) is 35.9 Å². The van der Waals surface area contributed by atoms with E-state index in [9.17, 15) is 4.79 Å². The molecule has 1 aromatic carbocycles. The normalized spacial score (nSPS) is 14.3. The summed E-state index contributed by atoms with van der Waals surface area (Å²) in [5, 5.41) is 0. The van der Waals surface area contributed by atoms with Gasteiger partial charge in [-0.2, -0.15) is 0 Å². The van der Waals surface area contributed by atoms with Gasteiger partial charge in [0.25, 0.3) is 0 Å². The first kappa shape index (κ1) is 14.0. The summed E-state index contributed by atoms with van der Waals surface area (Å²) in [4.78, 5) is 12.2. The number of Topliss-reactive ketones (excluding diaryl/α,β-unsaturated/α-hetero) is 1. The van der Waals surface area contributed by atoms with Crippen molar-refractivity contribution in [2.75, 3.05) is 0 Å². The monoisotopic (exact) mass is 232 g/mol. The number of hydrogen-bond donors (Lipinski definition) is 0. The summed E-state index contributed by atoms with van der Waals surface area (Å²) >= 11 is 0. The number of carbonyl (C=O) groups excluding carboxylic acids is 1. The van der Waals surface area contributed by atoms with E-state index in [0.717, 1.165) is 18.4 Å². The SMILES string of the molecule is CCCC[C@](C)(CC)CC(=O)c1ccccc1. The molecule has 1 aromatic rings. The highest BCUT2D eigenvalue weighted by molar-refractivity contribution is 5.96. The van der Waals surface area contributed by atoms with Gasteiger partial charge in [-0.3, -0.25) is 4.79 Å². The second kappa shape index (κ2) is 6.58. The number of hydrogen-bond acceptors (Lipinski definition) is 1. The Bertz CT molecular complexity index is 342. The summed E-state index contributed by atoms with van der Waals surface area (Å²) < 4.78 is 0. The number of benzene rings is 1. The third-order valence-electron chi connectivity index (χ3n) is 3.67. The zero-order valence-corrected chi connectivity index (χ0v) is 11.3. The fourth-order valence-electron chi connectivity index (χ4n) is 2.11. The molecule has 0 aromatic heterocycles. The fourth-order valence-corrected chi connectivity index (χ4v) is 2.11. The van der Waals surface area contributed by atoms with Gasteiger partial charge in [0.1, 0.15) is 0 Å². The Morgan fingerprint density at radius 2 is 1.82 bits per heavy atom. The van der Waals surface area contributed by atoms with Crippen LogP contribution in [0.25, 0.3) is 0 Å². The van der Waals surface area contributed by atoms with Crippen molar-refractivity contribution in [2.24, 2.45) is 5.41 Å². The van der Waals surface area contributed by atoms with Crippen LogP contribution in [0.15, 0.2) is 30.3 Å². The molecule has 1 rings (SSSR count). The molecule has 0 aliphatic rings. The molecule has 0 aliphatic carbocycles. The molecule has 0 fully saturated rings. The Labute approximate surface area is 105 Å². The van der Waals surface area contributed by atoms with E-state index in [4.69, 9.17) is 0 Å². The zero-order chi connectivity index (χ0) is 12.7. The summed E-state index contributed by atoms with van der Waals surface area (Å²) in [6, 6.07) is 9.65. The molecule has 0 spiro atoms. The van der Waals surface area contributed by atoms with Crippen molar-refractivity contribution >= 4 is 5.78 Å². The molecule has 1 nitrogen and oxygen atoms in total. The van der Waals surface area contributed by atoms with E-state index in [1.165, 1.54) is 12.8 Å². The quantitative estimate of drug-likeness (QED) is 0.613. The lowest BCUT2D eigenvalue weighted by atomic mass is 9.77. The van der Waals surface area contributed by atoms with Crippen LogP contribution in [0.1, 0.15) is 63.2 Å². The Morgan fingerprint density at radius 1 is 1.18 bits per heavy atom. The van der Waals surface area contributed by atoms with Crippen LogP contribution < -0.4 is 0 Å². The number of rotatable bonds is 7. The Morgan fingerprint density at radius 3 is 2.35 bits per heavy atom. The lowest BCUT2D eigenvalue weighted by molar-refractivity contribution is 0.0907. The molecule has 0 radical (unpaired) electrons. The standard InChI is InChI=1S/C16H24O/c1-4-6-12-16(3,5-2)13-15(17)14-10-8-7-9-11-14/h7-11H,4-6,12-13H2,1-3H3/t16-/m0/s1. The summed E-state index contributed by atoms with van der Waals surface area (Å²) in [7, 11) is 0. The Balaban J connectivity index is 2.65. The van der Waals surface area contributed by atoms with Crippen LogP contribution in [0.5, 0.6) is 0 Å². The van der Waals surface area contributed by atoms with Gasteiger partial charge in [0.05, 0.1) is 0 Å². The molecule has 1 heteroatoms. The second-order valence-corrected chi connectivity index (χ2v) is 5.23. The zero-order valence-electron chi connectivity index (χ0n) is 11.3. The van der Waals surface area contributed by atoms with Crippen molar-refractivity contribution in [3.8, 4) is 0 Å². The molecule has 0 amide bonds. The Kier molecular flexibility index (Phi) is 5.40. The Hall–Kier alpha value is -1.11. The van der Waals surface area contributed by atoms with Crippen LogP contribution in [-0.2, 0) is 0 Å². The maximum atomic E-state index is 12.2. The van der Waals surface area contributed by atoms with E-state index in [0.29, 0.717) is 6.42 Å². The van der Waals surface area contributed by atoms with Crippen LogP contribution in [0.4, 0.5) is 0 Å². The minimum atomic E-state index is 0.170. The van der Waals surface area contributed by atoms with Crippen molar-refractivity contribution in [1.82, 2.24) is 0 Å². The van der Waals surface area contributed by atoms with E-state index in [2.05, 4.69) is 20.8 Å². The topological polar surface area (TPSA) is 17.1 Å². The van der Waals surface area contributed by atoms with Gasteiger partial charge >= 0.3 is 0 Å². The van der Waals surface area contributed by atoms with Crippen molar-refractivity contribution < 1.29 is 4.79 Å². The first-order chi connectivity index (χ1) is 8.11. The molecule has 0 saturated heterocycles. The molecule has 0 bridgehead atoms. The second-order valence-electron chi connectivity index (χ2n) is 5.23. The summed E-state index contributed by atoms with van der Waals surface area (Å²) in [6.45, 7) is 6.63. The van der Waals surface area contributed by atoms with E-state index in [-0.39, 0.29) is 11.2 Å². The van der Waals surface area contributed by atoms with Gasteiger partial charge in [-0.05, 0) is 11.8 Å². The van der Waals surface area contributed by atoms with Crippen molar-refractivity contribution in [1.29, 1.82) is 0 Å². The molecule has 0 N–H and O–H groups in total. The van der Waals surface area contributed by atoms with Crippen LogP contribution in [0, 0.1) is 5.41 Å². The van der Waals surface area contributed by atoms with Gasteiger partial charge in [0.2, 0.25) is 0 Å². The number of ketones is 1. The fraction of sp³-hybridized carbons (Fsp3) is 0.562. The third-order valence-corrected chi connectivity index (χ3v) is 3.67. The predicted molar refractivity (Wildman–Crippen MR) is 73.3 cm³/mol. The lowest BCUT2D eigenvalue weighted by Gasteiger charge is -2.27. The van der Waals surface area contributed by atoms with Gasteiger partial charge in [-0.15, -0.1) is 0 Å². The molecule has 1 atom stereocenters. The lowest BCUT2D eigenvalue weighted by Crippen LogP contribution is -2.20. The number of carbonyl (C=O) groups is 1. The highest BCUT2D eigenvalue weighted by Crippen LogP contribution is 2.33. The molecule has 94 valence electrons.